The van der Waals surface area contributed by atoms with Crippen molar-refractivity contribution in [3.8, 4) is 0 Å². The fraction of sp³-hybridized carbons (Fsp3) is 0.842. The molecular weight excluding hydrogens is 334 g/mol. The molecule has 2 fully saturated rings. The van der Waals surface area contributed by atoms with Gasteiger partial charge in [-0.1, -0.05) is 13.8 Å². The summed E-state index contributed by atoms with van der Waals surface area (Å²) in [5, 5.41) is 3.14. The van der Waals surface area contributed by atoms with Crippen LogP contribution in [0.25, 0.3) is 0 Å². The number of ether oxygens (including phenoxy) is 1. The number of hydrogen-bond donors (Lipinski definition) is 1. The molecule has 0 saturated carbocycles. The van der Waals surface area contributed by atoms with Crippen molar-refractivity contribution in [2.24, 2.45) is 11.8 Å². The van der Waals surface area contributed by atoms with E-state index in [4.69, 9.17) is 4.74 Å². The van der Waals surface area contributed by atoms with Crippen molar-refractivity contribution < 1.29 is 19.1 Å². The second kappa shape index (κ2) is 9.78. The number of carbonyl (C=O) groups excluding carboxylic acids is 3. The third-order valence-corrected chi connectivity index (χ3v) is 5.17. The molecule has 0 aromatic carbocycles. The monoisotopic (exact) mass is 367 g/mol. The maximum absolute atomic E-state index is 12.5. The maximum Gasteiger partial charge on any atom is 0.409 e. The van der Waals surface area contributed by atoms with Gasteiger partial charge in [0.05, 0.1) is 6.61 Å². The third kappa shape index (κ3) is 5.88. The summed E-state index contributed by atoms with van der Waals surface area (Å²) < 4.78 is 5.01. The molecule has 7 heteroatoms. The molecule has 148 valence electrons. The van der Waals surface area contributed by atoms with Gasteiger partial charge in [0.2, 0.25) is 11.8 Å². The number of hydrogen-bond acceptors (Lipinski definition) is 4. The van der Waals surface area contributed by atoms with Crippen LogP contribution in [0.15, 0.2) is 0 Å². The first-order chi connectivity index (χ1) is 12.4. The molecule has 2 saturated heterocycles. The first kappa shape index (κ1) is 20.5. The topological polar surface area (TPSA) is 79.0 Å². The van der Waals surface area contributed by atoms with Crippen molar-refractivity contribution in [2.45, 2.75) is 58.9 Å². The number of likely N-dealkylation sites (tertiary alicyclic amines) is 2. The summed E-state index contributed by atoms with van der Waals surface area (Å²) >= 11 is 0. The molecule has 0 radical (unpaired) electrons. The Morgan fingerprint density at radius 1 is 1.00 bits per heavy atom. The molecule has 0 aliphatic carbocycles. The minimum Gasteiger partial charge on any atom is -0.450 e. The van der Waals surface area contributed by atoms with E-state index in [0.717, 1.165) is 25.7 Å². The van der Waals surface area contributed by atoms with Gasteiger partial charge in [-0.2, -0.15) is 0 Å². The minimum atomic E-state index is -0.268. The highest BCUT2D eigenvalue weighted by Gasteiger charge is 2.30. The van der Waals surface area contributed by atoms with Crippen LogP contribution in [0, 0.1) is 11.8 Å². The predicted octanol–water partition coefficient (Wildman–Crippen LogP) is 2.01. The molecule has 1 N–H and O–H groups in total. The molecule has 2 rings (SSSR count). The van der Waals surface area contributed by atoms with Crippen LogP contribution in [0.3, 0.4) is 0 Å². The molecule has 2 aliphatic heterocycles. The van der Waals surface area contributed by atoms with Gasteiger partial charge >= 0.3 is 6.09 Å². The lowest BCUT2D eigenvalue weighted by Gasteiger charge is -2.35. The molecule has 0 atom stereocenters. The standard InChI is InChI=1S/C19H33N3O4/c1-4-26-19(25)22-11-7-16(8-12-22)20-18(24)15-5-9-21(10-6-15)17(23)13-14(2)3/h14-16H,4-13H2,1-3H3,(H,20,24). The smallest absolute Gasteiger partial charge is 0.409 e. The SMILES string of the molecule is CCOC(=O)N1CCC(NC(=O)C2CCN(C(=O)CC(C)C)CC2)CC1. The van der Waals surface area contributed by atoms with Gasteiger partial charge in [-0.15, -0.1) is 0 Å². The van der Waals surface area contributed by atoms with Gasteiger partial charge in [-0.05, 0) is 38.5 Å². The van der Waals surface area contributed by atoms with Crippen molar-refractivity contribution in [3.63, 3.8) is 0 Å². The molecule has 7 nitrogen and oxygen atoms in total. The average Bonchev–Trinajstić information content (AvgIpc) is 2.62. The van der Waals surface area contributed by atoms with Gasteiger partial charge in [0, 0.05) is 44.6 Å². The molecule has 0 bridgehead atoms. The lowest BCUT2D eigenvalue weighted by molar-refractivity contribution is -0.136. The Morgan fingerprint density at radius 2 is 1.58 bits per heavy atom. The van der Waals surface area contributed by atoms with Gasteiger partial charge in [-0.25, -0.2) is 4.79 Å². The fourth-order valence-corrected chi connectivity index (χ4v) is 3.61. The number of nitrogens with one attached hydrogen (secondary N) is 1. The van der Waals surface area contributed by atoms with Crippen LogP contribution < -0.4 is 5.32 Å². The fourth-order valence-electron chi connectivity index (χ4n) is 3.61. The van der Waals surface area contributed by atoms with Crippen LogP contribution >= 0.6 is 0 Å². The number of amides is 3. The number of piperidine rings is 2. The minimum absolute atomic E-state index is 0.0128. The molecular formula is C19H33N3O4. The average molecular weight is 367 g/mol. The van der Waals surface area contributed by atoms with Crippen LogP contribution in [0.5, 0.6) is 0 Å². The van der Waals surface area contributed by atoms with Crippen molar-refractivity contribution in [2.75, 3.05) is 32.8 Å². The Balaban J connectivity index is 1.70. The van der Waals surface area contributed by atoms with E-state index in [1.165, 1.54) is 0 Å². The lowest BCUT2D eigenvalue weighted by atomic mass is 9.94. The molecule has 2 heterocycles. The van der Waals surface area contributed by atoms with Crippen molar-refractivity contribution in [1.29, 1.82) is 0 Å². The van der Waals surface area contributed by atoms with Gasteiger partial charge in [0.1, 0.15) is 0 Å². The quantitative estimate of drug-likeness (QED) is 0.806. The summed E-state index contributed by atoms with van der Waals surface area (Å²) in [6.45, 7) is 8.85. The maximum atomic E-state index is 12.5. The van der Waals surface area contributed by atoms with Gasteiger partial charge in [0.15, 0.2) is 0 Å². The van der Waals surface area contributed by atoms with Gasteiger partial charge in [-0.3, -0.25) is 9.59 Å². The molecule has 0 aromatic heterocycles. The Morgan fingerprint density at radius 3 is 2.12 bits per heavy atom. The van der Waals surface area contributed by atoms with E-state index in [9.17, 15) is 14.4 Å². The van der Waals surface area contributed by atoms with Crippen molar-refractivity contribution in [3.05, 3.63) is 0 Å². The summed E-state index contributed by atoms with van der Waals surface area (Å²) in [4.78, 5) is 39.9. The Labute approximate surface area is 156 Å². The molecule has 0 unspecified atom stereocenters. The molecule has 2 aliphatic rings. The molecule has 26 heavy (non-hydrogen) atoms. The van der Waals surface area contributed by atoms with Crippen LogP contribution in [-0.2, 0) is 14.3 Å². The van der Waals surface area contributed by atoms with E-state index in [1.54, 1.807) is 11.8 Å². The second-order valence-corrected chi connectivity index (χ2v) is 7.72. The van der Waals surface area contributed by atoms with Crippen LogP contribution in [0.1, 0.15) is 52.9 Å². The lowest BCUT2D eigenvalue weighted by Crippen LogP contribution is -2.49. The molecule has 0 aromatic rings. The van der Waals surface area contributed by atoms with Gasteiger partial charge in [0.25, 0.3) is 0 Å². The van der Waals surface area contributed by atoms with E-state index in [0.29, 0.717) is 45.1 Å². The van der Waals surface area contributed by atoms with E-state index in [1.807, 2.05) is 18.7 Å². The molecule has 3 amide bonds. The number of rotatable bonds is 5. The van der Waals surface area contributed by atoms with Crippen LogP contribution in [0.4, 0.5) is 4.79 Å². The zero-order valence-electron chi connectivity index (χ0n) is 16.3. The van der Waals surface area contributed by atoms with Gasteiger partial charge < -0.3 is 19.9 Å². The Kier molecular flexibility index (Phi) is 7.72. The van der Waals surface area contributed by atoms with Crippen molar-refractivity contribution >= 4 is 17.9 Å². The predicted molar refractivity (Wildman–Crippen MR) is 98.5 cm³/mol. The van der Waals surface area contributed by atoms with Crippen LogP contribution in [0.2, 0.25) is 0 Å². The third-order valence-electron chi connectivity index (χ3n) is 5.17. The van der Waals surface area contributed by atoms with E-state index in [2.05, 4.69) is 5.32 Å². The Hall–Kier alpha value is -1.79. The summed E-state index contributed by atoms with van der Waals surface area (Å²) in [6, 6.07) is 0.119. The second-order valence-electron chi connectivity index (χ2n) is 7.72. The molecule has 0 spiro atoms. The first-order valence-electron chi connectivity index (χ1n) is 9.90. The summed E-state index contributed by atoms with van der Waals surface area (Å²) in [5.41, 5.74) is 0. The highest BCUT2D eigenvalue weighted by Crippen LogP contribution is 2.20. The zero-order chi connectivity index (χ0) is 19.1. The zero-order valence-corrected chi connectivity index (χ0v) is 16.3. The highest BCUT2D eigenvalue weighted by atomic mass is 16.6. The van der Waals surface area contributed by atoms with E-state index in [-0.39, 0.29) is 29.9 Å². The number of nitrogens with zero attached hydrogens (tertiary/aromatic N) is 2. The van der Waals surface area contributed by atoms with E-state index < -0.39 is 0 Å². The van der Waals surface area contributed by atoms with E-state index >= 15 is 0 Å². The summed E-state index contributed by atoms with van der Waals surface area (Å²) in [6.07, 6.45) is 3.30. The Bertz CT molecular complexity index is 493. The largest absolute Gasteiger partial charge is 0.450 e. The highest BCUT2D eigenvalue weighted by molar-refractivity contribution is 5.80. The van der Waals surface area contributed by atoms with Crippen molar-refractivity contribution in [1.82, 2.24) is 15.1 Å². The summed E-state index contributed by atoms with van der Waals surface area (Å²) in [5.74, 6) is 0.644. The number of carbonyl (C=O) groups is 3. The van der Waals surface area contributed by atoms with Crippen LogP contribution in [-0.4, -0.2) is 66.5 Å². The first-order valence-corrected chi connectivity index (χ1v) is 9.90. The summed E-state index contributed by atoms with van der Waals surface area (Å²) in [7, 11) is 0. The normalized spacial score (nSPS) is 19.5.